The Morgan fingerprint density at radius 1 is 0.317 bits per heavy atom. The topological polar surface area (TPSA) is 26.8 Å². The third kappa shape index (κ3) is 2.95. The maximum absolute atomic E-state index is 16.3. The molecule has 0 saturated carbocycles. The Bertz CT molecular complexity index is 1740. The number of anilines is 9. The number of benzene rings is 6. The fourth-order valence-corrected chi connectivity index (χ4v) is 17.3. The van der Waals surface area contributed by atoms with E-state index in [2.05, 4.69) is 142 Å². The molecule has 9 rings (SSSR count). The summed E-state index contributed by atoms with van der Waals surface area (Å²) in [7, 11) is 0. The molecule has 0 radical (unpaired) electrons. The molecule has 5 heteroatoms. The van der Waals surface area contributed by atoms with E-state index in [-0.39, 0.29) is 0 Å². The van der Waals surface area contributed by atoms with Gasteiger partial charge in [-0.3, -0.25) is 0 Å². The zero-order valence-corrected chi connectivity index (χ0v) is 24.6. The van der Waals surface area contributed by atoms with Crippen molar-refractivity contribution in [3.8, 4) is 0 Å². The average Bonchev–Trinajstić information content (AvgIpc) is 3.03. The van der Waals surface area contributed by atoms with Crippen molar-refractivity contribution >= 4 is 80.5 Å². The van der Waals surface area contributed by atoms with E-state index in [9.17, 15) is 0 Å². The maximum atomic E-state index is 16.3. The van der Waals surface area contributed by atoms with Gasteiger partial charge in [-0.05, 0) is 0 Å². The fraction of sp³-hybridized carbons (Fsp3) is 0. The first kappa shape index (κ1) is 23.1. The van der Waals surface area contributed by atoms with Gasteiger partial charge in [0.25, 0.3) is 0 Å². The molecule has 0 atom stereocenters. The Morgan fingerprint density at radius 3 is 0.805 bits per heavy atom. The van der Waals surface area contributed by atoms with Gasteiger partial charge in [0.05, 0.1) is 0 Å². The van der Waals surface area contributed by atoms with Gasteiger partial charge in [0.1, 0.15) is 0 Å². The predicted molar refractivity (Wildman–Crippen MR) is 169 cm³/mol. The van der Waals surface area contributed by atoms with Crippen LogP contribution in [0, 0.1) is 0 Å². The first-order valence-electron chi connectivity index (χ1n) is 13.8. The van der Waals surface area contributed by atoms with E-state index < -0.39 is 18.8 Å². The van der Waals surface area contributed by atoms with Gasteiger partial charge in [-0.1, -0.05) is 0 Å². The van der Waals surface area contributed by atoms with Crippen molar-refractivity contribution in [1.82, 2.24) is 0 Å². The van der Waals surface area contributed by atoms with E-state index in [0.717, 1.165) is 61.7 Å². The zero-order valence-electron chi connectivity index (χ0n) is 22.1. The average molecular weight is 636 g/mol. The van der Waals surface area contributed by atoms with Crippen LogP contribution >= 0.6 is 0 Å². The van der Waals surface area contributed by atoms with Crippen molar-refractivity contribution < 1.29 is 3.02 Å². The zero-order chi connectivity index (χ0) is 27.1. The van der Waals surface area contributed by atoms with E-state index >= 15 is 3.02 Å². The van der Waals surface area contributed by atoms with Crippen LogP contribution in [0.3, 0.4) is 0 Å². The second-order valence-electron chi connectivity index (χ2n) is 10.6. The number of nitrogens with zero attached hydrogens (tertiary/aromatic N) is 3. The number of hydrogen-bond donors (Lipinski definition) is 0. The Kier molecular flexibility index (Phi) is 4.74. The molecule has 0 aromatic heterocycles. The summed E-state index contributed by atoms with van der Waals surface area (Å²) in [5, 5.41) is 0. The molecule has 3 heterocycles. The summed E-state index contributed by atoms with van der Waals surface area (Å²) >= 11 is -4.64. The van der Waals surface area contributed by atoms with E-state index in [1.807, 2.05) is 18.2 Å². The summed E-state index contributed by atoms with van der Waals surface area (Å²) in [6.45, 7) is 0. The molecule has 4 nitrogen and oxygen atoms in total. The molecule has 0 aliphatic carbocycles. The van der Waals surface area contributed by atoms with Gasteiger partial charge in [0.2, 0.25) is 0 Å². The third-order valence-corrected chi connectivity index (χ3v) is 17.7. The van der Waals surface area contributed by atoms with Crippen LogP contribution in [0.15, 0.2) is 146 Å². The van der Waals surface area contributed by atoms with Crippen molar-refractivity contribution in [2.24, 2.45) is 0 Å². The Balaban J connectivity index is 1.48. The van der Waals surface area contributed by atoms with Crippen LogP contribution in [0.1, 0.15) is 0 Å². The van der Waals surface area contributed by atoms with Crippen LogP contribution < -0.4 is 25.2 Å². The first-order chi connectivity index (χ1) is 20.3. The summed E-state index contributed by atoms with van der Waals surface area (Å²) in [5.74, 6) is 0. The monoisotopic (exact) mass is 635 g/mol. The van der Waals surface area contributed by atoms with Crippen LogP contribution in [0.2, 0.25) is 0 Å². The minimum absolute atomic E-state index is 0.992. The molecule has 41 heavy (non-hydrogen) atoms. The molecule has 0 amide bonds. The Labute approximate surface area is 242 Å². The summed E-state index contributed by atoms with van der Waals surface area (Å²) < 4.78 is 19.3. The molecule has 0 fully saturated rings. The van der Waals surface area contributed by atoms with E-state index in [1.165, 1.54) is 0 Å². The molecular weight excluding hydrogens is 612 g/mol. The Morgan fingerprint density at radius 2 is 0.561 bits per heavy atom. The molecule has 0 N–H and O–H groups in total. The van der Waals surface area contributed by atoms with E-state index in [0.29, 0.717) is 0 Å². The summed E-state index contributed by atoms with van der Waals surface area (Å²) in [6, 6.07) is 50.6. The second kappa shape index (κ2) is 8.42. The molecule has 0 unspecified atom stereocenters. The van der Waals surface area contributed by atoms with Gasteiger partial charge >= 0.3 is 244 Å². The molecule has 0 bridgehead atoms. The predicted octanol–water partition coefficient (Wildman–Crippen LogP) is 7.43. The van der Waals surface area contributed by atoms with Crippen LogP contribution in [-0.4, -0.2) is 18.8 Å². The van der Waals surface area contributed by atoms with Gasteiger partial charge in [-0.25, -0.2) is 0 Å². The summed E-state index contributed by atoms with van der Waals surface area (Å²) in [4.78, 5) is 6.94. The molecule has 3 aliphatic heterocycles. The van der Waals surface area contributed by atoms with Crippen molar-refractivity contribution in [3.63, 3.8) is 0 Å². The van der Waals surface area contributed by atoms with Crippen LogP contribution in [0.4, 0.5) is 51.2 Å². The molecule has 6 aromatic rings. The SMILES string of the molecule is [O]=[Sb]12[c]3c4cccc3N(c3ccccc3)c3cccc([c]31)N(c1ccccc1)c1cccc([c]12)N4c1ccccc1. The van der Waals surface area contributed by atoms with Gasteiger partial charge in [-0.15, -0.1) is 0 Å². The van der Waals surface area contributed by atoms with Crippen molar-refractivity contribution in [2.45, 2.75) is 0 Å². The number of rotatable bonds is 3. The van der Waals surface area contributed by atoms with Gasteiger partial charge < -0.3 is 0 Å². The van der Waals surface area contributed by atoms with Crippen molar-refractivity contribution in [1.29, 1.82) is 0 Å². The summed E-state index contributed by atoms with van der Waals surface area (Å²) in [6.07, 6.45) is 0. The van der Waals surface area contributed by atoms with Crippen LogP contribution in [0.25, 0.3) is 0 Å². The number of hydrogen-bond acceptors (Lipinski definition) is 4. The normalized spacial score (nSPS) is 15.0. The third-order valence-electron chi connectivity index (χ3n) is 8.41. The molecule has 3 aliphatic rings. The van der Waals surface area contributed by atoms with Gasteiger partial charge in [-0.2, -0.15) is 0 Å². The molecule has 0 saturated heterocycles. The van der Waals surface area contributed by atoms with Crippen LogP contribution in [0.5, 0.6) is 0 Å². The quantitative estimate of drug-likeness (QED) is 0.189. The van der Waals surface area contributed by atoms with Crippen molar-refractivity contribution in [2.75, 3.05) is 14.7 Å². The van der Waals surface area contributed by atoms with E-state index in [1.54, 1.807) is 0 Å². The fourth-order valence-electron chi connectivity index (χ4n) is 6.90. The molecule has 0 spiro atoms. The second-order valence-corrected chi connectivity index (χ2v) is 17.9. The van der Waals surface area contributed by atoms with E-state index in [4.69, 9.17) is 0 Å². The van der Waals surface area contributed by atoms with Gasteiger partial charge in [0, 0.05) is 0 Å². The standard InChI is InChI=1S/C36H24N3.O.Sb/c1-4-13-28(14-5-1)37-31-19-10-21-33(25-31)38(29-15-6-2-7-16-29)35-23-12-24-36(27-35)39(30-17-8-3-9-18-30)34-22-11-20-32(37)26-34;;/h1-24H;;. The van der Waals surface area contributed by atoms with Crippen LogP contribution in [-0.2, 0) is 3.02 Å². The first-order valence-corrected chi connectivity index (χ1v) is 18.7. The van der Waals surface area contributed by atoms with Crippen molar-refractivity contribution in [3.05, 3.63) is 146 Å². The number of para-hydroxylation sites is 3. The Hall–Kier alpha value is -4.66. The summed E-state index contributed by atoms with van der Waals surface area (Å²) in [5.41, 5.74) is 9.22. The minimum atomic E-state index is -4.64. The molecular formula is C36H24N3OSb. The molecule has 194 valence electrons. The van der Waals surface area contributed by atoms with Gasteiger partial charge in [0.15, 0.2) is 0 Å². The molecule has 6 aromatic carbocycles.